The first kappa shape index (κ1) is 17.4. The second-order valence-electron chi connectivity index (χ2n) is 7.33. The monoisotopic (exact) mass is 366 g/mol. The van der Waals surface area contributed by atoms with E-state index in [0.717, 1.165) is 24.5 Å². The highest BCUT2D eigenvalue weighted by Crippen LogP contribution is 2.26. The summed E-state index contributed by atoms with van der Waals surface area (Å²) in [5.41, 5.74) is 2.39. The standard InChI is InChI=1S/C21H26N4S/c1-16-12-23-21(19-7-9-22-10-8-19)25(16)14-18-4-3-11-24(13-18)15-20-6-5-17(2)26-20/h5-10,12,18H,3-4,11,13-15H2,1-2H3. The molecular weight excluding hydrogens is 340 g/mol. The fourth-order valence-corrected chi connectivity index (χ4v) is 4.85. The number of nitrogens with zero attached hydrogens (tertiary/aromatic N) is 4. The lowest BCUT2D eigenvalue weighted by molar-refractivity contribution is 0.157. The number of hydrogen-bond acceptors (Lipinski definition) is 4. The first-order valence-corrected chi connectivity index (χ1v) is 10.2. The van der Waals surface area contributed by atoms with Crippen molar-refractivity contribution in [3.8, 4) is 11.4 Å². The Kier molecular flexibility index (Phi) is 5.18. The fourth-order valence-electron chi connectivity index (χ4n) is 3.92. The van der Waals surface area contributed by atoms with Crippen LogP contribution in [0.3, 0.4) is 0 Å². The molecule has 1 aliphatic heterocycles. The Bertz CT molecular complexity index is 852. The van der Waals surface area contributed by atoms with Gasteiger partial charge in [0.2, 0.25) is 0 Å². The number of thiophene rings is 1. The predicted octanol–water partition coefficient (Wildman–Crippen LogP) is 4.54. The average molecular weight is 367 g/mol. The Morgan fingerprint density at radius 1 is 1.15 bits per heavy atom. The van der Waals surface area contributed by atoms with E-state index < -0.39 is 0 Å². The van der Waals surface area contributed by atoms with Gasteiger partial charge in [-0.2, -0.15) is 0 Å². The van der Waals surface area contributed by atoms with Crippen molar-refractivity contribution in [2.24, 2.45) is 5.92 Å². The number of rotatable bonds is 5. The molecule has 1 aliphatic rings. The maximum absolute atomic E-state index is 4.66. The van der Waals surface area contributed by atoms with Gasteiger partial charge in [0, 0.05) is 59.2 Å². The zero-order valence-corrected chi connectivity index (χ0v) is 16.4. The molecule has 1 saturated heterocycles. The molecule has 0 N–H and O–H groups in total. The lowest BCUT2D eigenvalue weighted by atomic mass is 9.97. The van der Waals surface area contributed by atoms with Gasteiger partial charge in [-0.25, -0.2) is 4.98 Å². The quantitative estimate of drug-likeness (QED) is 0.665. The van der Waals surface area contributed by atoms with Gasteiger partial charge >= 0.3 is 0 Å². The van der Waals surface area contributed by atoms with Crippen molar-refractivity contribution in [2.75, 3.05) is 13.1 Å². The number of aryl methyl sites for hydroxylation is 2. The molecule has 1 fully saturated rings. The topological polar surface area (TPSA) is 34.0 Å². The Morgan fingerprint density at radius 3 is 2.77 bits per heavy atom. The summed E-state index contributed by atoms with van der Waals surface area (Å²) in [6.45, 7) is 8.87. The van der Waals surface area contributed by atoms with Crippen LogP contribution in [0.25, 0.3) is 11.4 Å². The van der Waals surface area contributed by atoms with E-state index in [1.54, 1.807) is 0 Å². The van der Waals surface area contributed by atoms with Crippen molar-refractivity contribution >= 4 is 11.3 Å². The molecular formula is C21H26N4S. The van der Waals surface area contributed by atoms with Crippen LogP contribution in [0, 0.1) is 19.8 Å². The van der Waals surface area contributed by atoms with Crippen LogP contribution in [-0.2, 0) is 13.1 Å². The highest BCUT2D eigenvalue weighted by Gasteiger charge is 2.22. The SMILES string of the molecule is Cc1ccc(CN2CCCC(Cn3c(C)cnc3-c3ccncc3)C2)s1. The molecule has 0 spiro atoms. The molecule has 0 aromatic carbocycles. The van der Waals surface area contributed by atoms with Crippen LogP contribution >= 0.6 is 11.3 Å². The van der Waals surface area contributed by atoms with Crippen LogP contribution in [0.4, 0.5) is 0 Å². The summed E-state index contributed by atoms with van der Waals surface area (Å²) in [4.78, 5) is 14.3. The summed E-state index contributed by atoms with van der Waals surface area (Å²) in [7, 11) is 0. The highest BCUT2D eigenvalue weighted by atomic mass is 32.1. The van der Waals surface area contributed by atoms with Crippen molar-refractivity contribution in [3.63, 3.8) is 0 Å². The van der Waals surface area contributed by atoms with Crippen molar-refractivity contribution < 1.29 is 0 Å². The molecule has 0 radical (unpaired) electrons. The molecule has 1 unspecified atom stereocenters. The minimum absolute atomic E-state index is 0.679. The Labute approximate surface area is 159 Å². The summed E-state index contributed by atoms with van der Waals surface area (Å²) in [5.74, 6) is 1.74. The highest BCUT2D eigenvalue weighted by molar-refractivity contribution is 7.11. The second-order valence-corrected chi connectivity index (χ2v) is 8.70. The molecule has 3 aromatic rings. The number of likely N-dealkylation sites (tertiary alicyclic amines) is 1. The molecule has 0 aliphatic carbocycles. The number of aromatic nitrogens is 3. The van der Waals surface area contributed by atoms with Gasteiger partial charge in [0.15, 0.2) is 0 Å². The van der Waals surface area contributed by atoms with E-state index in [1.165, 1.54) is 41.4 Å². The summed E-state index contributed by atoms with van der Waals surface area (Å²) < 4.78 is 2.39. The van der Waals surface area contributed by atoms with E-state index in [-0.39, 0.29) is 0 Å². The summed E-state index contributed by atoms with van der Waals surface area (Å²) in [6.07, 6.45) is 8.26. The Balaban J connectivity index is 1.46. The third-order valence-electron chi connectivity index (χ3n) is 5.21. The molecule has 4 nitrogen and oxygen atoms in total. The van der Waals surface area contributed by atoms with Gasteiger partial charge in [-0.05, 0) is 63.4 Å². The van der Waals surface area contributed by atoms with Crippen molar-refractivity contribution in [3.05, 3.63) is 58.3 Å². The molecule has 4 heterocycles. The molecule has 0 saturated carbocycles. The van der Waals surface area contributed by atoms with Crippen LogP contribution in [0.15, 0.2) is 42.9 Å². The van der Waals surface area contributed by atoms with E-state index in [1.807, 2.05) is 42.1 Å². The number of pyridine rings is 1. The maximum atomic E-state index is 4.66. The minimum atomic E-state index is 0.679. The number of piperidine rings is 1. The average Bonchev–Trinajstić information content (AvgIpc) is 3.22. The summed E-state index contributed by atoms with van der Waals surface area (Å²) in [6, 6.07) is 8.61. The third-order valence-corrected chi connectivity index (χ3v) is 6.20. The minimum Gasteiger partial charge on any atom is -0.328 e. The van der Waals surface area contributed by atoms with Gasteiger partial charge < -0.3 is 4.57 Å². The van der Waals surface area contributed by atoms with Crippen LogP contribution in [0.1, 0.15) is 28.3 Å². The smallest absolute Gasteiger partial charge is 0.140 e. The molecule has 0 bridgehead atoms. The third kappa shape index (κ3) is 3.89. The Hall–Kier alpha value is -1.98. The molecule has 26 heavy (non-hydrogen) atoms. The van der Waals surface area contributed by atoms with Gasteiger partial charge in [-0.1, -0.05) is 0 Å². The lowest BCUT2D eigenvalue weighted by Crippen LogP contribution is -2.36. The van der Waals surface area contributed by atoms with Crippen LogP contribution in [0.2, 0.25) is 0 Å². The molecule has 4 rings (SSSR count). The second kappa shape index (κ2) is 7.72. The maximum Gasteiger partial charge on any atom is 0.140 e. The molecule has 5 heteroatoms. The van der Waals surface area contributed by atoms with Gasteiger partial charge in [-0.3, -0.25) is 9.88 Å². The predicted molar refractivity (Wildman–Crippen MR) is 107 cm³/mol. The van der Waals surface area contributed by atoms with E-state index in [2.05, 4.69) is 45.4 Å². The normalized spacial score (nSPS) is 18.3. The van der Waals surface area contributed by atoms with Crippen molar-refractivity contribution in [1.82, 2.24) is 19.4 Å². The van der Waals surface area contributed by atoms with E-state index in [9.17, 15) is 0 Å². The first-order chi connectivity index (χ1) is 12.7. The lowest BCUT2D eigenvalue weighted by Gasteiger charge is -2.33. The van der Waals surface area contributed by atoms with Crippen molar-refractivity contribution in [2.45, 2.75) is 39.8 Å². The zero-order chi connectivity index (χ0) is 17.9. The van der Waals surface area contributed by atoms with Gasteiger partial charge in [0.25, 0.3) is 0 Å². The largest absolute Gasteiger partial charge is 0.328 e. The van der Waals surface area contributed by atoms with Gasteiger partial charge in [0.1, 0.15) is 5.82 Å². The van der Waals surface area contributed by atoms with Gasteiger partial charge in [0.05, 0.1) is 0 Å². The van der Waals surface area contributed by atoms with E-state index in [4.69, 9.17) is 0 Å². The van der Waals surface area contributed by atoms with Gasteiger partial charge in [-0.15, -0.1) is 11.3 Å². The number of hydrogen-bond donors (Lipinski definition) is 0. The summed E-state index contributed by atoms with van der Waals surface area (Å²) in [5, 5.41) is 0. The molecule has 136 valence electrons. The Morgan fingerprint density at radius 2 is 2.00 bits per heavy atom. The number of imidazole rings is 1. The van der Waals surface area contributed by atoms with E-state index in [0.29, 0.717) is 5.92 Å². The first-order valence-electron chi connectivity index (χ1n) is 9.39. The zero-order valence-electron chi connectivity index (χ0n) is 15.6. The molecule has 3 aromatic heterocycles. The van der Waals surface area contributed by atoms with Crippen LogP contribution in [-0.4, -0.2) is 32.5 Å². The van der Waals surface area contributed by atoms with Crippen molar-refractivity contribution in [1.29, 1.82) is 0 Å². The fraction of sp³-hybridized carbons (Fsp3) is 0.429. The summed E-state index contributed by atoms with van der Waals surface area (Å²) >= 11 is 1.93. The van der Waals surface area contributed by atoms with E-state index >= 15 is 0 Å². The van der Waals surface area contributed by atoms with Crippen LogP contribution < -0.4 is 0 Å². The van der Waals surface area contributed by atoms with Crippen LogP contribution in [0.5, 0.6) is 0 Å². The molecule has 0 amide bonds. The molecule has 1 atom stereocenters.